The number of hydrogen-bond acceptors (Lipinski definition) is 3. The van der Waals surface area contributed by atoms with Gasteiger partial charge in [0.05, 0.1) is 11.9 Å². The molecule has 0 aliphatic rings. The van der Waals surface area contributed by atoms with Gasteiger partial charge in [-0.2, -0.15) is 0 Å². The quantitative estimate of drug-likeness (QED) is 0.844. The third-order valence-corrected chi connectivity index (χ3v) is 4.40. The third-order valence-electron chi connectivity index (χ3n) is 3.81. The molecule has 6 heteroatoms. The lowest BCUT2D eigenvalue weighted by atomic mass is 10.0. The summed E-state index contributed by atoms with van der Waals surface area (Å²) >= 11 is 0. The van der Waals surface area contributed by atoms with E-state index in [0.29, 0.717) is 23.4 Å². The van der Waals surface area contributed by atoms with E-state index in [9.17, 15) is 13.2 Å². The van der Waals surface area contributed by atoms with E-state index in [2.05, 4.69) is 10.0 Å². The normalized spacial score (nSPS) is 12.5. The largest absolute Gasteiger partial charge is 0.351 e. The van der Waals surface area contributed by atoms with E-state index in [4.69, 9.17) is 0 Å². The van der Waals surface area contributed by atoms with Crippen LogP contribution in [0.3, 0.4) is 0 Å². The molecule has 0 aliphatic carbocycles. The molecular formula is C18H22N2O3S. The van der Waals surface area contributed by atoms with Gasteiger partial charge in [-0.3, -0.25) is 9.52 Å². The Morgan fingerprint density at radius 1 is 1.08 bits per heavy atom. The second kappa shape index (κ2) is 7.49. The maximum Gasteiger partial charge on any atom is 0.251 e. The number of hydrogen-bond donors (Lipinski definition) is 2. The number of nitrogens with one attached hydrogen (secondary N) is 2. The van der Waals surface area contributed by atoms with Crippen molar-refractivity contribution in [1.82, 2.24) is 5.32 Å². The Morgan fingerprint density at radius 2 is 1.75 bits per heavy atom. The molecule has 128 valence electrons. The van der Waals surface area contributed by atoms with Gasteiger partial charge < -0.3 is 5.32 Å². The summed E-state index contributed by atoms with van der Waals surface area (Å²) in [6.07, 6.45) is 1.08. The summed E-state index contributed by atoms with van der Waals surface area (Å²) in [6, 6.07) is 14.9. The zero-order valence-electron chi connectivity index (χ0n) is 14.0. The number of anilines is 1. The minimum Gasteiger partial charge on any atom is -0.351 e. The summed E-state index contributed by atoms with van der Waals surface area (Å²) in [4.78, 5) is 12.4. The van der Waals surface area contributed by atoms with Gasteiger partial charge in [-0.15, -0.1) is 0 Å². The number of amides is 1. The summed E-state index contributed by atoms with van der Waals surface area (Å²) in [7, 11) is -3.39. The van der Waals surface area contributed by atoms with Crippen LogP contribution in [0.2, 0.25) is 0 Å². The van der Waals surface area contributed by atoms with Crippen LogP contribution in [-0.2, 0) is 10.0 Å². The fourth-order valence-electron chi connectivity index (χ4n) is 2.43. The molecule has 5 nitrogen and oxygen atoms in total. The van der Waals surface area contributed by atoms with Gasteiger partial charge in [0.1, 0.15) is 0 Å². The average molecular weight is 346 g/mol. The first-order valence-corrected chi connectivity index (χ1v) is 9.57. The van der Waals surface area contributed by atoms with Crippen molar-refractivity contribution in [3.05, 3.63) is 65.2 Å². The van der Waals surface area contributed by atoms with E-state index >= 15 is 0 Å². The number of carbonyl (C=O) groups excluding carboxylic acids is 1. The van der Waals surface area contributed by atoms with Crippen LogP contribution in [0.1, 0.15) is 34.3 Å². The fraction of sp³-hybridized carbons (Fsp3) is 0.278. The summed E-state index contributed by atoms with van der Waals surface area (Å²) in [5, 5.41) is 2.91. The zero-order chi connectivity index (χ0) is 17.7. The van der Waals surface area contributed by atoms with Gasteiger partial charge >= 0.3 is 0 Å². The van der Waals surface area contributed by atoms with Crippen LogP contribution in [0.15, 0.2) is 48.5 Å². The second-order valence-corrected chi connectivity index (χ2v) is 7.62. The highest BCUT2D eigenvalue weighted by atomic mass is 32.2. The van der Waals surface area contributed by atoms with Crippen molar-refractivity contribution in [2.75, 3.05) is 17.5 Å². The molecule has 1 amide bonds. The molecule has 24 heavy (non-hydrogen) atoms. The number of sulfonamides is 1. The van der Waals surface area contributed by atoms with Crippen LogP contribution in [0.4, 0.5) is 5.69 Å². The minimum absolute atomic E-state index is 0.188. The third kappa shape index (κ3) is 4.83. The van der Waals surface area contributed by atoms with Gasteiger partial charge in [0.2, 0.25) is 10.0 Å². The highest BCUT2D eigenvalue weighted by molar-refractivity contribution is 7.92. The van der Waals surface area contributed by atoms with Gasteiger partial charge in [0.25, 0.3) is 5.91 Å². The molecule has 0 fully saturated rings. The number of benzene rings is 2. The first-order valence-electron chi connectivity index (χ1n) is 7.68. The Bertz CT molecular complexity index is 817. The topological polar surface area (TPSA) is 75.3 Å². The van der Waals surface area contributed by atoms with Crippen LogP contribution in [0, 0.1) is 6.92 Å². The van der Waals surface area contributed by atoms with E-state index in [0.717, 1.165) is 11.8 Å². The standard InChI is InChI=1S/C18H22N2O3S/c1-13(15-8-5-4-6-9-15)12-19-18(21)16-10-7-11-17(14(16)2)20-24(3,22)23/h4-11,13,20H,12H2,1-3H3,(H,19,21)/t13-/m0/s1. The summed E-state index contributed by atoms with van der Waals surface area (Å²) in [5.41, 5.74) is 2.64. The van der Waals surface area contributed by atoms with Crippen molar-refractivity contribution in [3.8, 4) is 0 Å². The molecule has 0 radical (unpaired) electrons. The lowest BCUT2D eigenvalue weighted by Gasteiger charge is -2.15. The lowest BCUT2D eigenvalue weighted by molar-refractivity contribution is 0.0951. The molecule has 2 rings (SSSR count). The van der Waals surface area contributed by atoms with Crippen LogP contribution in [0.25, 0.3) is 0 Å². The van der Waals surface area contributed by atoms with Gasteiger partial charge in [0, 0.05) is 12.1 Å². The molecule has 0 aliphatic heterocycles. The van der Waals surface area contributed by atoms with Crippen molar-refractivity contribution in [1.29, 1.82) is 0 Å². The summed E-state index contributed by atoms with van der Waals surface area (Å²) < 4.78 is 25.2. The van der Waals surface area contributed by atoms with Crippen LogP contribution >= 0.6 is 0 Å². The Hall–Kier alpha value is -2.34. The van der Waals surface area contributed by atoms with Gasteiger partial charge in [-0.05, 0) is 36.1 Å². The Labute approximate surface area is 143 Å². The monoisotopic (exact) mass is 346 g/mol. The molecule has 0 heterocycles. The molecule has 2 aromatic carbocycles. The Kier molecular flexibility index (Phi) is 5.62. The van der Waals surface area contributed by atoms with Crippen molar-refractivity contribution in [2.24, 2.45) is 0 Å². The predicted molar refractivity (Wildman–Crippen MR) is 96.8 cm³/mol. The van der Waals surface area contributed by atoms with Crippen LogP contribution in [-0.4, -0.2) is 27.1 Å². The van der Waals surface area contributed by atoms with Crippen molar-refractivity contribution < 1.29 is 13.2 Å². The van der Waals surface area contributed by atoms with E-state index in [1.807, 2.05) is 37.3 Å². The van der Waals surface area contributed by atoms with Crippen LogP contribution in [0.5, 0.6) is 0 Å². The zero-order valence-corrected chi connectivity index (χ0v) is 14.9. The highest BCUT2D eigenvalue weighted by Gasteiger charge is 2.14. The average Bonchev–Trinajstić information content (AvgIpc) is 2.54. The van der Waals surface area contributed by atoms with E-state index in [-0.39, 0.29) is 11.8 Å². The van der Waals surface area contributed by atoms with E-state index in [1.54, 1.807) is 25.1 Å². The maximum atomic E-state index is 12.4. The van der Waals surface area contributed by atoms with Gasteiger partial charge in [0.15, 0.2) is 0 Å². The molecule has 0 spiro atoms. The van der Waals surface area contributed by atoms with E-state index in [1.165, 1.54) is 0 Å². The van der Waals surface area contributed by atoms with Crippen LogP contribution < -0.4 is 10.0 Å². The molecule has 0 saturated carbocycles. The molecular weight excluding hydrogens is 324 g/mol. The van der Waals surface area contributed by atoms with Gasteiger partial charge in [-0.25, -0.2) is 8.42 Å². The van der Waals surface area contributed by atoms with Crippen molar-refractivity contribution >= 4 is 21.6 Å². The molecule has 0 bridgehead atoms. The number of carbonyl (C=O) groups is 1. The lowest BCUT2D eigenvalue weighted by Crippen LogP contribution is -2.28. The smallest absolute Gasteiger partial charge is 0.251 e. The first kappa shape index (κ1) is 18.0. The molecule has 0 aromatic heterocycles. The molecule has 2 N–H and O–H groups in total. The van der Waals surface area contributed by atoms with E-state index < -0.39 is 10.0 Å². The molecule has 1 atom stereocenters. The minimum atomic E-state index is -3.39. The summed E-state index contributed by atoms with van der Waals surface area (Å²) in [6.45, 7) is 4.28. The van der Waals surface area contributed by atoms with Crippen molar-refractivity contribution in [2.45, 2.75) is 19.8 Å². The number of rotatable bonds is 6. The maximum absolute atomic E-state index is 12.4. The highest BCUT2D eigenvalue weighted by Crippen LogP contribution is 2.20. The predicted octanol–water partition coefficient (Wildman–Crippen LogP) is 2.90. The Morgan fingerprint density at radius 3 is 2.38 bits per heavy atom. The fourth-order valence-corrected chi connectivity index (χ4v) is 3.05. The second-order valence-electron chi connectivity index (χ2n) is 5.87. The SMILES string of the molecule is Cc1c(NS(C)(=O)=O)cccc1C(=O)NC[C@H](C)c1ccccc1. The first-order chi connectivity index (χ1) is 11.3. The molecule has 0 unspecified atom stereocenters. The summed E-state index contributed by atoms with van der Waals surface area (Å²) in [5.74, 6) is -0.0276. The molecule has 0 saturated heterocycles. The molecule has 2 aromatic rings. The van der Waals surface area contributed by atoms with Gasteiger partial charge in [-0.1, -0.05) is 43.3 Å². The van der Waals surface area contributed by atoms with Crippen molar-refractivity contribution in [3.63, 3.8) is 0 Å². The Balaban J connectivity index is 2.09.